The maximum Gasteiger partial charge on any atom is 0.407 e. The van der Waals surface area contributed by atoms with Gasteiger partial charge in [0.15, 0.2) is 0 Å². The molecule has 0 radical (unpaired) electrons. The average Bonchev–Trinajstić information content (AvgIpc) is 4.12. The Kier molecular flexibility index (Phi) is 12.0. The van der Waals surface area contributed by atoms with E-state index in [9.17, 15) is 19.2 Å². The van der Waals surface area contributed by atoms with Gasteiger partial charge in [-0.05, 0) is 61.8 Å². The van der Waals surface area contributed by atoms with Crippen LogP contribution in [0.15, 0.2) is 48.8 Å². The minimum Gasteiger partial charge on any atom is -0.482 e. The summed E-state index contributed by atoms with van der Waals surface area (Å²) in [6, 6.07) is 10.3. The number of ether oxygens (including phenoxy) is 4. The molecular weight excluding hydrogens is 795 g/mol. The lowest BCUT2D eigenvalue weighted by molar-refractivity contribution is -0.136. The molecule has 5 aromatic rings. The number of amides is 4. The Bertz CT molecular complexity index is 2470. The molecule has 17 nitrogen and oxygen atoms in total. The van der Waals surface area contributed by atoms with E-state index in [0.29, 0.717) is 37.1 Å². The third-order valence-corrected chi connectivity index (χ3v) is 12.3. The fourth-order valence-electron chi connectivity index (χ4n) is 9.09. The third-order valence-electron chi connectivity index (χ3n) is 12.3. The number of H-pyrrole nitrogens is 3. The molecule has 3 aliphatic rings. The molecule has 62 heavy (non-hydrogen) atoms. The highest BCUT2D eigenvalue weighted by molar-refractivity contribution is 5.96. The van der Waals surface area contributed by atoms with E-state index in [2.05, 4.69) is 37.7 Å². The van der Waals surface area contributed by atoms with Gasteiger partial charge < -0.3 is 54.3 Å². The quantitative estimate of drug-likeness (QED) is 0.0889. The van der Waals surface area contributed by atoms with Gasteiger partial charge >= 0.3 is 12.2 Å². The Hall–Kier alpha value is -6.36. The van der Waals surface area contributed by atoms with Crippen molar-refractivity contribution in [2.24, 2.45) is 11.8 Å². The first-order valence-electron chi connectivity index (χ1n) is 21.3. The first kappa shape index (κ1) is 42.3. The largest absolute Gasteiger partial charge is 0.482 e. The molecule has 4 amide bonds. The molecule has 0 aliphatic carbocycles. The van der Waals surface area contributed by atoms with Gasteiger partial charge in [-0.3, -0.25) is 9.59 Å². The lowest BCUT2D eigenvalue weighted by Gasteiger charge is -2.30. The molecule has 5 atom stereocenters. The van der Waals surface area contributed by atoms with E-state index in [0.717, 1.165) is 75.9 Å². The van der Waals surface area contributed by atoms with Crippen LogP contribution in [0.2, 0.25) is 0 Å². The molecule has 2 saturated heterocycles. The molecule has 0 spiro atoms. The molecule has 5 N–H and O–H groups in total. The van der Waals surface area contributed by atoms with Crippen LogP contribution in [-0.4, -0.2) is 112 Å². The molecule has 0 saturated carbocycles. The van der Waals surface area contributed by atoms with Gasteiger partial charge in [-0.2, -0.15) is 0 Å². The topological polar surface area (TPSA) is 209 Å². The SMILES string of the molecule is COCC1Oc2cc(-c3cnc([C@@H]4CCCN4C(=O)[C@@H](NC(=O)OC)C(C)C)[nH]3)ccc2-c2[nH]c3ccc(-c4cnc([C@@H]5CCCN5C(=O)C(NC(=O)OC)C(C)C)[nH]4)cc3c21. The van der Waals surface area contributed by atoms with Crippen LogP contribution >= 0.6 is 0 Å². The summed E-state index contributed by atoms with van der Waals surface area (Å²) in [6.07, 6.45) is 5.04. The van der Waals surface area contributed by atoms with E-state index < -0.39 is 30.4 Å². The third kappa shape index (κ3) is 7.96. The minimum atomic E-state index is -0.718. The van der Waals surface area contributed by atoms with Gasteiger partial charge in [0, 0.05) is 53.4 Å². The number of fused-ring (bicyclic) bond motifs is 5. The molecule has 328 valence electrons. The highest BCUT2D eigenvalue weighted by Gasteiger charge is 2.39. The second kappa shape index (κ2) is 17.6. The van der Waals surface area contributed by atoms with Gasteiger partial charge in [-0.15, -0.1) is 0 Å². The number of nitrogens with one attached hydrogen (secondary N) is 5. The molecule has 17 heteroatoms. The van der Waals surface area contributed by atoms with Gasteiger partial charge in [0.2, 0.25) is 11.8 Å². The minimum absolute atomic E-state index is 0.130. The molecule has 2 unspecified atom stereocenters. The summed E-state index contributed by atoms with van der Waals surface area (Å²) >= 11 is 0. The maximum atomic E-state index is 13.7. The van der Waals surface area contributed by atoms with Crippen molar-refractivity contribution in [3.8, 4) is 39.5 Å². The van der Waals surface area contributed by atoms with Gasteiger partial charge in [0.05, 0.1) is 62.4 Å². The number of hydrogen-bond acceptors (Lipinski definition) is 10. The highest BCUT2D eigenvalue weighted by Crippen LogP contribution is 2.47. The number of carbonyl (C=O) groups is 4. The first-order chi connectivity index (χ1) is 29.9. The number of rotatable bonds is 12. The normalized spacial score (nSPS) is 19.3. The van der Waals surface area contributed by atoms with E-state index in [1.54, 1.807) is 29.3 Å². The van der Waals surface area contributed by atoms with E-state index in [1.165, 1.54) is 14.2 Å². The number of alkyl carbamates (subject to hydrolysis) is 2. The van der Waals surface area contributed by atoms with Gasteiger partial charge in [0.25, 0.3) is 0 Å². The van der Waals surface area contributed by atoms with Crippen molar-refractivity contribution in [1.82, 2.24) is 45.4 Å². The first-order valence-corrected chi connectivity index (χ1v) is 21.3. The van der Waals surface area contributed by atoms with Crippen LogP contribution < -0.4 is 15.4 Å². The number of likely N-dealkylation sites (tertiary alicyclic amines) is 2. The van der Waals surface area contributed by atoms with E-state index in [4.69, 9.17) is 28.9 Å². The van der Waals surface area contributed by atoms with Crippen molar-refractivity contribution in [3.05, 3.63) is 66.0 Å². The van der Waals surface area contributed by atoms with E-state index in [-0.39, 0.29) is 35.7 Å². The van der Waals surface area contributed by atoms with Crippen molar-refractivity contribution in [3.63, 3.8) is 0 Å². The molecule has 3 aliphatic heterocycles. The molecular formula is C45H55N9O8. The number of hydrogen-bond donors (Lipinski definition) is 5. The molecule has 2 aromatic carbocycles. The number of nitrogens with zero attached hydrogens (tertiary/aromatic N) is 4. The van der Waals surface area contributed by atoms with Crippen LogP contribution in [0.3, 0.4) is 0 Å². The maximum absolute atomic E-state index is 13.7. The van der Waals surface area contributed by atoms with Gasteiger partial charge in [-0.1, -0.05) is 39.8 Å². The monoisotopic (exact) mass is 849 g/mol. The van der Waals surface area contributed by atoms with Crippen LogP contribution in [-0.2, 0) is 23.8 Å². The average molecular weight is 850 g/mol. The Morgan fingerprint density at radius 3 is 1.81 bits per heavy atom. The van der Waals surface area contributed by atoms with E-state index >= 15 is 0 Å². The van der Waals surface area contributed by atoms with Gasteiger partial charge in [-0.25, -0.2) is 19.6 Å². The van der Waals surface area contributed by atoms with Crippen LogP contribution in [0, 0.1) is 11.8 Å². The summed E-state index contributed by atoms with van der Waals surface area (Å²) in [5.41, 5.74) is 7.20. The number of benzene rings is 2. The zero-order chi connectivity index (χ0) is 43.8. The predicted octanol–water partition coefficient (Wildman–Crippen LogP) is 6.78. The molecule has 3 aromatic heterocycles. The lowest BCUT2D eigenvalue weighted by Crippen LogP contribution is -2.51. The Labute approximate surface area is 359 Å². The molecule has 0 bridgehead atoms. The van der Waals surface area contributed by atoms with Crippen LogP contribution in [0.5, 0.6) is 5.75 Å². The van der Waals surface area contributed by atoms with Crippen molar-refractivity contribution in [2.45, 2.75) is 83.6 Å². The molecule has 6 heterocycles. The Morgan fingerprint density at radius 2 is 1.29 bits per heavy atom. The number of aromatic amines is 3. The summed E-state index contributed by atoms with van der Waals surface area (Å²) in [4.78, 5) is 75.3. The number of carbonyl (C=O) groups excluding carboxylic acids is 4. The standard InChI is InChI=1S/C45H55N9O8/c1-23(2)37(51-44(57)60-6)42(55)53-16-8-10-32(53)40-46-20-30(49-40)25-13-15-29-28(18-25)36-35(22-59-5)62-34-19-26(12-14-27(34)39(36)48-29)31-21-47-41(50-31)33-11-9-17-54(33)43(56)38(24(3)4)52-45(58)61-7/h12-15,18-21,23-24,32-33,35,37-38,48H,8-11,16-17,22H2,1-7H3,(H,46,49)(H,47,50)(H,51,57)(H,52,58)/t32-,33-,35?,37?,38-/m0/s1. The zero-order valence-corrected chi connectivity index (χ0v) is 36.2. The predicted molar refractivity (Wildman–Crippen MR) is 230 cm³/mol. The van der Waals surface area contributed by atoms with Crippen LogP contribution in [0.25, 0.3) is 44.7 Å². The molecule has 8 rings (SSSR count). The lowest BCUT2D eigenvalue weighted by atomic mass is 9.95. The van der Waals surface area contributed by atoms with Crippen molar-refractivity contribution >= 4 is 34.9 Å². The Balaban J connectivity index is 1.04. The summed E-state index contributed by atoms with van der Waals surface area (Å²) in [5, 5.41) is 6.40. The van der Waals surface area contributed by atoms with Gasteiger partial charge in [0.1, 0.15) is 35.6 Å². The fraction of sp³-hybridized carbons (Fsp3) is 0.467. The highest BCUT2D eigenvalue weighted by atomic mass is 16.5. The van der Waals surface area contributed by atoms with Crippen molar-refractivity contribution in [2.75, 3.05) is 41.0 Å². The number of methoxy groups -OCH3 is 3. The summed E-state index contributed by atoms with van der Waals surface area (Å²) in [5.74, 6) is 1.49. The van der Waals surface area contributed by atoms with Crippen molar-refractivity contribution < 1.29 is 38.1 Å². The van der Waals surface area contributed by atoms with Crippen LogP contribution in [0.1, 0.15) is 88.8 Å². The number of imidazole rings is 2. The fourth-order valence-corrected chi connectivity index (χ4v) is 9.09. The second-order valence-corrected chi connectivity index (χ2v) is 16.9. The second-order valence-electron chi connectivity index (χ2n) is 16.9. The summed E-state index contributed by atoms with van der Waals surface area (Å²) < 4.78 is 22.0. The smallest absolute Gasteiger partial charge is 0.407 e. The molecule has 2 fully saturated rings. The summed E-state index contributed by atoms with van der Waals surface area (Å²) in [6.45, 7) is 9.04. The summed E-state index contributed by atoms with van der Waals surface area (Å²) in [7, 11) is 4.23. The number of aromatic nitrogens is 5. The van der Waals surface area contributed by atoms with E-state index in [1.807, 2.05) is 52.0 Å². The zero-order valence-electron chi connectivity index (χ0n) is 36.2. The van der Waals surface area contributed by atoms with Crippen LogP contribution in [0.4, 0.5) is 9.59 Å². The van der Waals surface area contributed by atoms with Crippen molar-refractivity contribution in [1.29, 1.82) is 0 Å². The Morgan fingerprint density at radius 1 is 0.758 bits per heavy atom.